The average molecular weight is 218 g/mol. The molecule has 0 aliphatic heterocycles. The molecule has 16 heavy (non-hydrogen) atoms. The van der Waals surface area contributed by atoms with Crippen LogP contribution in [0, 0.1) is 6.92 Å². The van der Waals surface area contributed by atoms with Crippen molar-refractivity contribution in [3.63, 3.8) is 0 Å². The Bertz CT molecular complexity index is 312. The van der Waals surface area contributed by atoms with E-state index in [0.29, 0.717) is 0 Å². The molecular formula is C14H22N2. The lowest BCUT2D eigenvalue weighted by molar-refractivity contribution is 0.291. The van der Waals surface area contributed by atoms with Gasteiger partial charge in [0.15, 0.2) is 0 Å². The molecule has 0 unspecified atom stereocenters. The van der Waals surface area contributed by atoms with Crippen LogP contribution in [-0.2, 0) is 0 Å². The molecule has 1 aliphatic rings. The van der Waals surface area contributed by atoms with E-state index in [1.165, 1.54) is 24.0 Å². The lowest BCUT2D eigenvalue weighted by Gasteiger charge is -2.36. The summed E-state index contributed by atoms with van der Waals surface area (Å²) in [4.78, 5) is 0. The number of hydrogen-bond donors (Lipinski definition) is 2. The highest BCUT2D eigenvalue weighted by atomic mass is 14.9. The Morgan fingerprint density at radius 1 is 1.25 bits per heavy atom. The number of nitrogens with two attached hydrogens (primary N) is 1. The number of benzene rings is 1. The van der Waals surface area contributed by atoms with Crippen LogP contribution in [-0.4, -0.2) is 19.1 Å². The summed E-state index contributed by atoms with van der Waals surface area (Å²) in [5.41, 5.74) is 8.32. The van der Waals surface area contributed by atoms with Crippen molar-refractivity contribution >= 4 is 0 Å². The molecule has 2 nitrogen and oxygen atoms in total. The van der Waals surface area contributed by atoms with Crippen LogP contribution in [0.5, 0.6) is 0 Å². The molecule has 0 heterocycles. The summed E-state index contributed by atoms with van der Waals surface area (Å²) < 4.78 is 0. The van der Waals surface area contributed by atoms with E-state index in [9.17, 15) is 0 Å². The van der Waals surface area contributed by atoms with Gasteiger partial charge in [0.2, 0.25) is 0 Å². The predicted molar refractivity (Wildman–Crippen MR) is 68.6 cm³/mol. The Balaban J connectivity index is 1.73. The van der Waals surface area contributed by atoms with E-state index in [2.05, 4.69) is 36.5 Å². The maximum Gasteiger partial charge on any atom is 0.00787 e. The first kappa shape index (κ1) is 11.6. The van der Waals surface area contributed by atoms with Crippen molar-refractivity contribution in [2.75, 3.05) is 13.1 Å². The second-order valence-electron chi connectivity index (χ2n) is 4.87. The summed E-state index contributed by atoms with van der Waals surface area (Å²) in [6.07, 6.45) is 3.66. The van der Waals surface area contributed by atoms with Crippen molar-refractivity contribution in [2.24, 2.45) is 5.73 Å². The highest BCUT2D eigenvalue weighted by Gasteiger charge is 2.29. The molecule has 0 spiro atoms. The molecule has 2 heteroatoms. The third-order valence-electron chi connectivity index (χ3n) is 3.50. The molecule has 0 bridgehead atoms. The summed E-state index contributed by atoms with van der Waals surface area (Å²) in [5.74, 6) is 0.774. The highest BCUT2D eigenvalue weighted by Crippen LogP contribution is 2.36. The van der Waals surface area contributed by atoms with Crippen LogP contribution in [0.15, 0.2) is 24.3 Å². The Morgan fingerprint density at radius 3 is 2.56 bits per heavy atom. The van der Waals surface area contributed by atoms with Crippen molar-refractivity contribution in [3.8, 4) is 0 Å². The smallest absolute Gasteiger partial charge is 0.00787 e. The van der Waals surface area contributed by atoms with E-state index in [0.717, 1.165) is 31.5 Å². The molecule has 3 N–H and O–H groups in total. The van der Waals surface area contributed by atoms with Gasteiger partial charge in [-0.2, -0.15) is 0 Å². The molecule has 1 aromatic rings. The zero-order valence-electron chi connectivity index (χ0n) is 10.1. The first-order valence-electron chi connectivity index (χ1n) is 6.29. The third-order valence-corrected chi connectivity index (χ3v) is 3.50. The summed E-state index contributed by atoms with van der Waals surface area (Å²) >= 11 is 0. The first-order valence-corrected chi connectivity index (χ1v) is 6.29. The van der Waals surface area contributed by atoms with Gasteiger partial charge in [-0.3, -0.25) is 0 Å². The van der Waals surface area contributed by atoms with E-state index in [-0.39, 0.29) is 0 Å². The van der Waals surface area contributed by atoms with Crippen molar-refractivity contribution in [1.29, 1.82) is 0 Å². The van der Waals surface area contributed by atoms with Crippen LogP contribution in [0.3, 0.4) is 0 Å². The van der Waals surface area contributed by atoms with Gasteiger partial charge in [-0.25, -0.2) is 0 Å². The summed E-state index contributed by atoms with van der Waals surface area (Å²) in [6, 6.07) is 9.69. The molecule has 88 valence electrons. The van der Waals surface area contributed by atoms with Crippen molar-refractivity contribution in [1.82, 2.24) is 5.32 Å². The summed E-state index contributed by atoms with van der Waals surface area (Å²) in [5, 5.41) is 3.55. The van der Waals surface area contributed by atoms with Gasteiger partial charge < -0.3 is 11.1 Å². The normalized spacial score (nSPS) is 24.1. The fourth-order valence-electron chi connectivity index (χ4n) is 2.30. The minimum Gasteiger partial charge on any atom is -0.330 e. The quantitative estimate of drug-likeness (QED) is 0.743. The summed E-state index contributed by atoms with van der Waals surface area (Å²) in [6.45, 7) is 4.00. The fraction of sp³-hybridized carbons (Fsp3) is 0.571. The Hall–Kier alpha value is -0.860. The van der Waals surface area contributed by atoms with E-state index in [1.807, 2.05) is 0 Å². The number of aryl methyl sites for hydroxylation is 1. The van der Waals surface area contributed by atoms with E-state index in [1.54, 1.807) is 0 Å². The van der Waals surface area contributed by atoms with Crippen LogP contribution < -0.4 is 11.1 Å². The van der Waals surface area contributed by atoms with Crippen LogP contribution in [0.4, 0.5) is 0 Å². The lowest BCUT2D eigenvalue weighted by atomic mass is 9.76. The molecule has 0 atom stereocenters. The molecule has 1 saturated carbocycles. The van der Waals surface area contributed by atoms with Crippen LogP contribution in [0.1, 0.15) is 36.3 Å². The topological polar surface area (TPSA) is 38.0 Å². The first-order chi connectivity index (χ1) is 7.79. The zero-order valence-corrected chi connectivity index (χ0v) is 10.1. The number of rotatable bonds is 5. The SMILES string of the molecule is Cc1ccc(C2CC(NCCCN)C2)cc1. The lowest BCUT2D eigenvalue weighted by Crippen LogP contribution is -2.40. The largest absolute Gasteiger partial charge is 0.330 e. The molecule has 0 aromatic heterocycles. The van der Waals surface area contributed by atoms with Gasteiger partial charge in [-0.1, -0.05) is 29.8 Å². The van der Waals surface area contributed by atoms with Crippen LogP contribution in [0.25, 0.3) is 0 Å². The van der Waals surface area contributed by atoms with Crippen molar-refractivity contribution in [3.05, 3.63) is 35.4 Å². The Morgan fingerprint density at radius 2 is 1.94 bits per heavy atom. The van der Waals surface area contributed by atoms with Gasteiger partial charge in [-0.05, 0) is 50.8 Å². The minimum atomic E-state index is 0.720. The molecule has 0 amide bonds. The van der Waals surface area contributed by atoms with E-state index < -0.39 is 0 Å². The van der Waals surface area contributed by atoms with Gasteiger partial charge in [-0.15, -0.1) is 0 Å². The van der Waals surface area contributed by atoms with Gasteiger partial charge in [0, 0.05) is 6.04 Å². The predicted octanol–water partition coefficient (Wildman–Crippen LogP) is 2.18. The molecular weight excluding hydrogens is 196 g/mol. The maximum atomic E-state index is 5.47. The molecule has 0 saturated heterocycles. The third kappa shape index (κ3) is 2.83. The minimum absolute atomic E-state index is 0.720. The van der Waals surface area contributed by atoms with Gasteiger partial charge in [0.25, 0.3) is 0 Å². The number of nitrogens with one attached hydrogen (secondary N) is 1. The van der Waals surface area contributed by atoms with Gasteiger partial charge in [0.05, 0.1) is 0 Å². The average Bonchev–Trinajstić information content (AvgIpc) is 2.23. The molecule has 1 aliphatic carbocycles. The Kier molecular flexibility index (Phi) is 3.97. The van der Waals surface area contributed by atoms with Crippen molar-refractivity contribution in [2.45, 2.75) is 38.1 Å². The van der Waals surface area contributed by atoms with Crippen LogP contribution >= 0.6 is 0 Å². The van der Waals surface area contributed by atoms with Crippen molar-refractivity contribution < 1.29 is 0 Å². The van der Waals surface area contributed by atoms with Gasteiger partial charge in [0.1, 0.15) is 0 Å². The fourth-order valence-corrected chi connectivity index (χ4v) is 2.30. The second-order valence-corrected chi connectivity index (χ2v) is 4.87. The zero-order chi connectivity index (χ0) is 11.4. The maximum absolute atomic E-state index is 5.47. The summed E-state index contributed by atoms with van der Waals surface area (Å²) in [7, 11) is 0. The number of hydrogen-bond acceptors (Lipinski definition) is 2. The second kappa shape index (κ2) is 5.46. The monoisotopic (exact) mass is 218 g/mol. The standard InChI is InChI=1S/C14H22N2/c1-11-3-5-12(6-4-11)13-9-14(10-13)16-8-2-7-15/h3-6,13-14,16H,2,7-10,15H2,1H3. The highest BCUT2D eigenvalue weighted by molar-refractivity contribution is 5.26. The molecule has 0 radical (unpaired) electrons. The molecule has 1 fully saturated rings. The van der Waals surface area contributed by atoms with E-state index in [4.69, 9.17) is 5.73 Å². The molecule has 1 aromatic carbocycles. The Labute approximate surface area is 98.2 Å². The van der Waals surface area contributed by atoms with Crippen LogP contribution in [0.2, 0.25) is 0 Å². The van der Waals surface area contributed by atoms with E-state index >= 15 is 0 Å². The van der Waals surface area contributed by atoms with Gasteiger partial charge >= 0.3 is 0 Å². The molecule has 2 rings (SSSR count).